The molecule has 2 unspecified atom stereocenters. The van der Waals surface area contributed by atoms with Gasteiger partial charge < -0.3 is 14.6 Å². The summed E-state index contributed by atoms with van der Waals surface area (Å²) in [6.45, 7) is 3.12. The van der Waals surface area contributed by atoms with Crippen LogP contribution in [-0.4, -0.2) is 46.0 Å². The lowest BCUT2D eigenvalue weighted by Gasteiger charge is -2.40. The smallest absolute Gasteiger partial charge is 0.146 e. The topological polar surface area (TPSA) is 69.4 Å². The highest BCUT2D eigenvalue weighted by Gasteiger charge is 2.41. The summed E-state index contributed by atoms with van der Waals surface area (Å²) in [5.41, 5.74) is 0.566. The molecule has 0 radical (unpaired) electrons. The van der Waals surface area contributed by atoms with Gasteiger partial charge in [0.1, 0.15) is 19.4 Å². The standard InChI is InChI=1S/C16H20ClN3O3/c1-16(7-22-11-23-8-16)15(21)14(20-10-18-9-19-20)6-12-2-4-13(17)5-3-12/h2-5,9-10,14-15,21H,6-8,11H2,1H3. The highest BCUT2D eigenvalue weighted by atomic mass is 35.5. The molecule has 7 heteroatoms. The Morgan fingerprint density at radius 3 is 2.61 bits per heavy atom. The van der Waals surface area contributed by atoms with Crippen LogP contribution < -0.4 is 0 Å². The van der Waals surface area contributed by atoms with Crippen molar-refractivity contribution in [3.05, 3.63) is 47.5 Å². The van der Waals surface area contributed by atoms with Gasteiger partial charge in [0.05, 0.1) is 25.4 Å². The summed E-state index contributed by atoms with van der Waals surface area (Å²) in [5, 5.41) is 15.9. The maximum Gasteiger partial charge on any atom is 0.146 e. The van der Waals surface area contributed by atoms with Gasteiger partial charge in [-0.3, -0.25) is 0 Å². The molecular formula is C16H20ClN3O3. The van der Waals surface area contributed by atoms with E-state index >= 15 is 0 Å². The van der Waals surface area contributed by atoms with Crippen LogP contribution in [0.1, 0.15) is 18.5 Å². The Morgan fingerprint density at radius 1 is 1.30 bits per heavy atom. The zero-order valence-corrected chi connectivity index (χ0v) is 13.7. The Hall–Kier alpha value is -1.47. The van der Waals surface area contributed by atoms with Gasteiger partial charge in [-0.2, -0.15) is 5.10 Å². The molecule has 3 rings (SSSR count). The lowest BCUT2D eigenvalue weighted by Crippen LogP contribution is -2.48. The first-order chi connectivity index (χ1) is 11.1. The summed E-state index contributed by atoms with van der Waals surface area (Å²) in [4.78, 5) is 4.01. The number of hydrogen-bond acceptors (Lipinski definition) is 5. The first-order valence-electron chi connectivity index (χ1n) is 7.51. The van der Waals surface area contributed by atoms with Crippen molar-refractivity contribution in [1.29, 1.82) is 0 Å². The predicted octanol–water partition coefficient (Wildman–Crippen LogP) is 2.09. The molecule has 2 heterocycles. The molecule has 23 heavy (non-hydrogen) atoms. The van der Waals surface area contributed by atoms with Crippen LogP contribution in [0.3, 0.4) is 0 Å². The van der Waals surface area contributed by atoms with E-state index in [1.807, 2.05) is 31.2 Å². The van der Waals surface area contributed by atoms with Gasteiger partial charge in [-0.25, -0.2) is 9.67 Å². The number of benzene rings is 1. The molecule has 1 aliphatic heterocycles. The van der Waals surface area contributed by atoms with Gasteiger partial charge in [-0.05, 0) is 24.1 Å². The molecule has 1 fully saturated rings. The fourth-order valence-electron chi connectivity index (χ4n) is 2.89. The van der Waals surface area contributed by atoms with Crippen molar-refractivity contribution in [3.63, 3.8) is 0 Å². The molecule has 0 bridgehead atoms. The molecule has 2 aromatic rings. The van der Waals surface area contributed by atoms with Gasteiger partial charge in [0.2, 0.25) is 0 Å². The molecular weight excluding hydrogens is 318 g/mol. The molecule has 0 spiro atoms. The number of halogens is 1. The van der Waals surface area contributed by atoms with E-state index in [4.69, 9.17) is 21.1 Å². The lowest BCUT2D eigenvalue weighted by molar-refractivity contribution is -0.196. The Balaban J connectivity index is 1.85. The minimum Gasteiger partial charge on any atom is -0.390 e. The first kappa shape index (κ1) is 16.4. The first-order valence-corrected chi connectivity index (χ1v) is 7.88. The summed E-state index contributed by atoms with van der Waals surface area (Å²) in [6.07, 6.45) is 3.01. The number of aromatic nitrogens is 3. The number of aliphatic hydroxyl groups excluding tert-OH is 1. The van der Waals surface area contributed by atoms with Crippen molar-refractivity contribution in [3.8, 4) is 0 Å². The van der Waals surface area contributed by atoms with Crippen molar-refractivity contribution in [2.75, 3.05) is 20.0 Å². The maximum atomic E-state index is 11.0. The van der Waals surface area contributed by atoms with E-state index in [1.54, 1.807) is 11.0 Å². The van der Waals surface area contributed by atoms with E-state index in [1.165, 1.54) is 6.33 Å². The molecule has 1 aliphatic rings. The zero-order chi connectivity index (χ0) is 16.3. The summed E-state index contributed by atoms with van der Waals surface area (Å²) in [5.74, 6) is 0. The van der Waals surface area contributed by atoms with Crippen LogP contribution >= 0.6 is 11.6 Å². The SMILES string of the molecule is CC1(C(O)C(Cc2ccc(Cl)cc2)n2cncn2)COCOC1. The van der Waals surface area contributed by atoms with E-state index < -0.39 is 11.5 Å². The highest BCUT2D eigenvalue weighted by molar-refractivity contribution is 6.30. The van der Waals surface area contributed by atoms with Gasteiger partial charge >= 0.3 is 0 Å². The molecule has 0 amide bonds. The largest absolute Gasteiger partial charge is 0.390 e. The summed E-state index contributed by atoms with van der Waals surface area (Å²) in [6, 6.07) is 7.32. The Bertz CT molecular complexity index is 612. The summed E-state index contributed by atoms with van der Waals surface area (Å²) >= 11 is 5.94. The van der Waals surface area contributed by atoms with Crippen LogP contribution in [-0.2, 0) is 15.9 Å². The van der Waals surface area contributed by atoms with Crippen molar-refractivity contribution in [2.24, 2.45) is 5.41 Å². The molecule has 1 saturated heterocycles. The Kier molecular flexibility index (Phi) is 4.96. The third-order valence-electron chi connectivity index (χ3n) is 4.24. The van der Waals surface area contributed by atoms with Crippen LogP contribution in [0, 0.1) is 5.41 Å². The molecule has 0 saturated carbocycles. The van der Waals surface area contributed by atoms with E-state index in [0.717, 1.165) is 5.56 Å². The van der Waals surface area contributed by atoms with Crippen molar-refractivity contribution in [2.45, 2.75) is 25.5 Å². The Morgan fingerprint density at radius 2 is 2.00 bits per heavy atom. The number of aliphatic hydroxyl groups is 1. The van der Waals surface area contributed by atoms with E-state index in [-0.39, 0.29) is 12.8 Å². The second-order valence-corrected chi connectivity index (χ2v) is 6.62. The second-order valence-electron chi connectivity index (χ2n) is 6.19. The van der Waals surface area contributed by atoms with Crippen LogP contribution in [0.15, 0.2) is 36.9 Å². The maximum absolute atomic E-state index is 11.0. The van der Waals surface area contributed by atoms with E-state index in [0.29, 0.717) is 24.7 Å². The quantitative estimate of drug-likeness (QED) is 0.904. The molecule has 2 atom stereocenters. The highest BCUT2D eigenvalue weighted by Crippen LogP contribution is 2.34. The fourth-order valence-corrected chi connectivity index (χ4v) is 3.01. The molecule has 0 aliphatic carbocycles. The van der Waals surface area contributed by atoms with Crippen molar-refractivity contribution >= 4 is 11.6 Å². The monoisotopic (exact) mass is 337 g/mol. The van der Waals surface area contributed by atoms with Gasteiger partial charge in [0.25, 0.3) is 0 Å². The van der Waals surface area contributed by atoms with Gasteiger partial charge in [0, 0.05) is 10.4 Å². The normalized spacial score (nSPS) is 20.1. The average Bonchev–Trinajstić information content (AvgIpc) is 3.08. The summed E-state index contributed by atoms with van der Waals surface area (Å²) in [7, 11) is 0. The van der Waals surface area contributed by atoms with Gasteiger partial charge in [-0.1, -0.05) is 30.7 Å². The van der Waals surface area contributed by atoms with Gasteiger partial charge in [-0.15, -0.1) is 0 Å². The predicted molar refractivity (Wildman–Crippen MR) is 85.1 cm³/mol. The molecule has 1 N–H and O–H groups in total. The third-order valence-corrected chi connectivity index (χ3v) is 4.50. The Labute approximate surface area is 140 Å². The van der Waals surface area contributed by atoms with Crippen molar-refractivity contribution in [1.82, 2.24) is 14.8 Å². The third kappa shape index (κ3) is 3.72. The second kappa shape index (κ2) is 6.97. The van der Waals surface area contributed by atoms with Crippen LogP contribution in [0.2, 0.25) is 5.02 Å². The molecule has 124 valence electrons. The molecule has 1 aromatic carbocycles. The average molecular weight is 338 g/mol. The van der Waals surface area contributed by atoms with E-state index in [2.05, 4.69) is 10.1 Å². The fraction of sp³-hybridized carbons (Fsp3) is 0.500. The summed E-state index contributed by atoms with van der Waals surface area (Å²) < 4.78 is 12.5. The minimum absolute atomic E-state index is 0.269. The van der Waals surface area contributed by atoms with Crippen LogP contribution in [0.25, 0.3) is 0 Å². The van der Waals surface area contributed by atoms with Crippen LogP contribution in [0.4, 0.5) is 0 Å². The van der Waals surface area contributed by atoms with Gasteiger partial charge in [0.15, 0.2) is 0 Å². The van der Waals surface area contributed by atoms with Crippen molar-refractivity contribution < 1.29 is 14.6 Å². The number of ether oxygens (including phenoxy) is 2. The lowest BCUT2D eigenvalue weighted by atomic mass is 9.80. The minimum atomic E-state index is -0.694. The molecule has 6 nitrogen and oxygen atoms in total. The zero-order valence-electron chi connectivity index (χ0n) is 12.9. The number of rotatable bonds is 5. The number of nitrogens with zero attached hydrogens (tertiary/aromatic N) is 3. The van der Waals surface area contributed by atoms with E-state index in [9.17, 15) is 5.11 Å². The molecule has 1 aromatic heterocycles. The van der Waals surface area contributed by atoms with Crippen LogP contribution in [0.5, 0.6) is 0 Å². The number of hydrogen-bond donors (Lipinski definition) is 1.